The van der Waals surface area contributed by atoms with Crippen LogP contribution in [0.4, 0.5) is 14.6 Å². The molecule has 1 fully saturated rings. The minimum absolute atomic E-state index is 0.100. The standard InChI is InChI=1S/C31H31F2N5/c1-3-21(19-38-13-10-31(32,33)20-38)14-22(4-2)25-15-24(30(34)36-18-25)16-26-17-28-27(6-5-7-29(28)37-26)23-8-11-35-12-9-23/h3-9,11-12,14-15,17-18,37H,1,10,13,16,19-20H2,2H3,(H2,34,36)/b21-14+,22-4+. The number of anilines is 1. The van der Waals surface area contributed by atoms with E-state index in [0.717, 1.165) is 50.0 Å². The van der Waals surface area contributed by atoms with Crippen molar-refractivity contribution in [3.63, 3.8) is 0 Å². The molecule has 0 radical (unpaired) electrons. The molecule has 1 saturated heterocycles. The number of hydrogen-bond acceptors (Lipinski definition) is 4. The Morgan fingerprint density at radius 1 is 1.21 bits per heavy atom. The lowest BCUT2D eigenvalue weighted by Crippen LogP contribution is -2.26. The maximum absolute atomic E-state index is 13.7. The van der Waals surface area contributed by atoms with Crippen LogP contribution in [0.3, 0.4) is 0 Å². The first-order chi connectivity index (χ1) is 18.3. The van der Waals surface area contributed by atoms with Gasteiger partial charge in [-0.2, -0.15) is 0 Å². The van der Waals surface area contributed by atoms with Gasteiger partial charge in [0, 0.05) is 72.2 Å². The number of halogens is 2. The summed E-state index contributed by atoms with van der Waals surface area (Å²) in [4.78, 5) is 13.9. The molecule has 38 heavy (non-hydrogen) atoms. The second kappa shape index (κ2) is 10.7. The van der Waals surface area contributed by atoms with Gasteiger partial charge in [-0.3, -0.25) is 9.88 Å². The molecule has 0 amide bonds. The Labute approximate surface area is 221 Å². The second-order valence-electron chi connectivity index (χ2n) is 9.73. The molecule has 7 heteroatoms. The predicted molar refractivity (Wildman–Crippen MR) is 151 cm³/mol. The number of alkyl halides is 2. The van der Waals surface area contributed by atoms with Crippen LogP contribution in [0.25, 0.3) is 27.6 Å². The molecular weight excluding hydrogens is 480 g/mol. The van der Waals surface area contributed by atoms with Gasteiger partial charge in [0.25, 0.3) is 5.92 Å². The number of nitrogens with two attached hydrogens (primary N) is 1. The highest BCUT2D eigenvalue weighted by molar-refractivity contribution is 5.95. The molecule has 1 aliphatic rings. The van der Waals surface area contributed by atoms with E-state index in [2.05, 4.69) is 39.7 Å². The summed E-state index contributed by atoms with van der Waals surface area (Å²) in [5.74, 6) is -2.14. The summed E-state index contributed by atoms with van der Waals surface area (Å²) in [6.45, 7) is 6.45. The molecule has 0 saturated carbocycles. The first-order valence-corrected chi connectivity index (χ1v) is 12.7. The molecule has 5 nitrogen and oxygen atoms in total. The first-order valence-electron chi connectivity index (χ1n) is 12.7. The van der Waals surface area contributed by atoms with Crippen LogP contribution in [0, 0.1) is 0 Å². The van der Waals surface area contributed by atoms with Gasteiger partial charge in [0.2, 0.25) is 0 Å². The topological polar surface area (TPSA) is 70.8 Å². The number of hydrogen-bond donors (Lipinski definition) is 2. The van der Waals surface area contributed by atoms with Crippen LogP contribution in [-0.2, 0) is 6.42 Å². The summed E-state index contributed by atoms with van der Waals surface area (Å²) in [6.07, 6.45) is 11.5. The van der Waals surface area contributed by atoms with E-state index in [0.29, 0.717) is 25.3 Å². The smallest absolute Gasteiger partial charge is 0.261 e. The van der Waals surface area contributed by atoms with Gasteiger partial charge in [-0.15, -0.1) is 0 Å². The summed E-state index contributed by atoms with van der Waals surface area (Å²) in [5.41, 5.74) is 14.3. The zero-order valence-corrected chi connectivity index (χ0v) is 21.4. The van der Waals surface area contributed by atoms with Crippen molar-refractivity contribution in [3.05, 3.63) is 108 Å². The molecule has 194 valence electrons. The van der Waals surface area contributed by atoms with Crippen LogP contribution < -0.4 is 5.73 Å². The minimum atomic E-state index is -2.62. The lowest BCUT2D eigenvalue weighted by Gasteiger charge is -2.17. The Morgan fingerprint density at radius 2 is 2.03 bits per heavy atom. The normalized spacial score (nSPS) is 16.3. The van der Waals surface area contributed by atoms with Crippen LogP contribution in [0.2, 0.25) is 0 Å². The zero-order chi connectivity index (χ0) is 26.7. The van der Waals surface area contributed by atoms with Crippen LogP contribution in [-0.4, -0.2) is 45.4 Å². The number of fused-ring (bicyclic) bond motifs is 1. The van der Waals surface area contributed by atoms with E-state index in [1.807, 2.05) is 43.3 Å². The molecule has 5 rings (SSSR count). The first kappa shape index (κ1) is 25.5. The van der Waals surface area contributed by atoms with Crippen LogP contribution in [0.15, 0.2) is 91.4 Å². The zero-order valence-electron chi connectivity index (χ0n) is 21.4. The number of pyridine rings is 2. The maximum atomic E-state index is 13.7. The average Bonchev–Trinajstić information content (AvgIpc) is 3.49. The van der Waals surface area contributed by atoms with Gasteiger partial charge in [-0.25, -0.2) is 13.8 Å². The number of nitrogens with zero attached hydrogens (tertiary/aromatic N) is 3. The fraction of sp³-hybridized carbons (Fsp3) is 0.226. The fourth-order valence-electron chi connectivity index (χ4n) is 5.02. The number of nitrogen functional groups attached to an aromatic ring is 1. The molecule has 1 aromatic carbocycles. The van der Waals surface area contributed by atoms with E-state index in [-0.39, 0.29) is 13.0 Å². The molecule has 0 aliphatic carbocycles. The summed E-state index contributed by atoms with van der Waals surface area (Å²) in [7, 11) is 0. The lowest BCUT2D eigenvalue weighted by molar-refractivity contribution is 0.0131. The van der Waals surface area contributed by atoms with Gasteiger partial charge in [-0.05, 0) is 59.5 Å². The minimum Gasteiger partial charge on any atom is -0.383 e. The molecule has 3 aromatic heterocycles. The fourth-order valence-corrected chi connectivity index (χ4v) is 5.02. The van der Waals surface area contributed by atoms with E-state index in [9.17, 15) is 8.78 Å². The Morgan fingerprint density at radius 3 is 2.74 bits per heavy atom. The monoisotopic (exact) mass is 511 g/mol. The quantitative estimate of drug-likeness (QED) is 0.260. The summed E-state index contributed by atoms with van der Waals surface area (Å²) in [5, 5.41) is 1.14. The SMILES string of the molecule is C=C/C(=C\C(=C/C)c1cnc(N)c(Cc2cc3c(-c4ccncc4)cccc3[nH]2)c1)CN1CCC(F)(F)C1. The molecule has 4 aromatic rings. The highest BCUT2D eigenvalue weighted by Crippen LogP contribution is 2.31. The third-order valence-electron chi connectivity index (χ3n) is 7.00. The molecule has 0 spiro atoms. The van der Waals surface area contributed by atoms with Gasteiger partial charge in [0.05, 0.1) is 6.54 Å². The number of likely N-dealkylation sites (tertiary alicyclic amines) is 1. The number of benzene rings is 1. The van der Waals surface area contributed by atoms with Crippen molar-refractivity contribution in [2.45, 2.75) is 25.7 Å². The van der Waals surface area contributed by atoms with Crippen molar-refractivity contribution in [1.82, 2.24) is 19.9 Å². The second-order valence-corrected chi connectivity index (χ2v) is 9.73. The molecule has 4 heterocycles. The molecular formula is C31H31F2N5. The van der Waals surface area contributed by atoms with E-state index >= 15 is 0 Å². The van der Waals surface area contributed by atoms with Crippen molar-refractivity contribution >= 4 is 22.3 Å². The van der Waals surface area contributed by atoms with Gasteiger partial charge in [0.1, 0.15) is 5.82 Å². The van der Waals surface area contributed by atoms with E-state index in [1.165, 1.54) is 0 Å². The van der Waals surface area contributed by atoms with Crippen LogP contribution in [0.1, 0.15) is 30.2 Å². The number of H-pyrrole nitrogens is 1. The Balaban J connectivity index is 1.40. The van der Waals surface area contributed by atoms with Gasteiger partial charge >= 0.3 is 0 Å². The number of aromatic amines is 1. The largest absolute Gasteiger partial charge is 0.383 e. The Kier molecular flexibility index (Phi) is 7.20. The number of rotatable bonds is 8. The number of aromatic nitrogens is 3. The third kappa shape index (κ3) is 5.58. The maximum Gasteiger partial charge on any atom is 0.261 e. The van der Waals surface area contributed by atoms with E-state index < -0.39 is 5.92 Å². The van der Waals surface area contributed by atoms with Gasteiger partial charge < -0.3 is 10.7 Å². The molecule has 0 bridgehead atoms. The molecule has 3 N–H and O–H groups in total. The van der Waals surface area contributed by atoms with Gasteiger partial charge in [-0.1, -0.05) is 36.9 Å². The predicted octanol–water partition coefficient (Wildman–Crippen LogP) is 6.65. The molecule has 0 unspecified atom stereocenters. The number of nitrogens with one attached hydrogen (secondary N) is 1. The van der Waals surface area contributed by atoms with Gasteiger partial charge in [0.15, 0.2) is 0 Å². The highest BCUT2D eigenvalue weighted by atomic mass is 19.3. The van der Waals surface area contributed by atoms with Crippen molar-refractivity contribution in [2.24, 2.45) is 0 Å². The molecule has 0 atom stereocenters. The average molecular weight is 512 g/mol. The van der Waals surface area contributed by atoms with Crippen molar-refractivity contribution in [1.29, 1.82) is 0 Å². The highest BCUT2D eigenvalue weighted by Gasteiger charge is 2.37. The van der Waals surface area contributed by atoms with Crippen LogP contribution >= 0.6 is 0 Å². The Hall–Kier alpha value is -4.10. The van der Waals surface area contributed by atoms with Crippen molar-refractivity contribution in [2.75, 3.05) is 25.4 Å². The van der Waals surface area contributed by atoms with E-state index in [4.69, 9.17) is 5.73 Å². The summed E-state index contributed by atoms with van der Waals surface area (Å²) in [6, 6.07) is 14.4. The lowest BCUT2D eigenvalue weighted by atomic mass is 10.00. The van der Waals surface area contributed by atoms with Crippen molar-refractivity contribution < 1.29 is 8.78 Å². The summed E-state index contributed by atoms with van der Waals surface area (Å²) >= 11 is 0. The van der Waals surface area contributed by atoms with Crippen molar-refractivity contribution in [3.8, 4) is 11.1 Å². The molecule has 1 aliphatic heterocycles. The number of allylic oxidation sites excluding steroid dienone is 3. The Bertz CT molecular complexity index is 1520. The van der Waals surface area contributed by atoms with E-state index in [1.54, 1.807) is 29.6 Å². The van der Waals surface area contributed by atoms with Crippen LogP contribution in [0.5, 0.6) is 0 Å². The summed E-state index contributed by atoms with van der Waals surface area (Å²) < 4.78 is 27.3. The third-order valence-corrected chi connectivity index (χ3v) is 7.00.